The van der Waals surface area contributed by atoms with E-state index in [-0.39, 0.29) is 11.8 Å². The fraction of sp³-hybridized carbons (Fsp3) is 0.476. The van der Waals surface area contributed by atoms with Gasteiger partial charge in [0.15, 0.2) is 0 Å². The Kier molecular flexibility index (Phi) is 6.68. The van der Waals surface area contributed by atoms with E-state index in [9.17, 15) is 9.59 Å². The van der Waals surface area contributed by atoms with Gasteiger partial charge in [-0.1, -0.05) is 0 Å². The molecule has 0 saturated carbocycles. The molecule has 150 valence electrons. The van der Waals surface area contributed by atoms with Gasteiger partial charge in [0.1, 0.15) is 17.1 Å². The Labute approximate surface area is 165 Å². The molecule has 1 fully saturated rings. The van der Waals surface area contributed by atoms with Gasteiger partial charge < -0.3 is 19.4 Å². The number of carbonyl (C=O) groups is 2. The molecule has 2 amide bonds. The van der Waals surface area contributed by atoms with Crippen molar-refractivity contribution in [2.45, 2.75) is 39.2 Å². The summed E-state index contributed by atoms with van der Waals surface area (Å²) in [6, 6.07) is 7.23. The molecular formula is C21H27N3O4. The second kappa shape index (κ2) is 9.39. The van der Waals surface area contributed by atoms with Gasteiger partial charge in [-0.2, -0.15) is 0 Å². The van der Waals surface area contributed by atoms with Crippen molar-refractivity contribution < 1.29 is 18.7 Å². The Morgan fingerprint density at radius 1 is 1.36 bits per heavy atom. The summed E-state index contributed by atoms with van der Waals surface area (Å²) in [5, 5.41) is 2.89. The maximum absolute atomic E-state index is 12.8. The summed E-state index contributed by atoms with van der Waals surface area (Å²) in [5.41, 5.74) is 0.483. The molecule has 1 N–H and O–H groups in total. The molecule has 0 aromatic carbocycles. The lowest BCUT2D eigenvalue weighted by atomic mass is 9.93. The molecule has 2 aromatic heterocycles. The fourth-order valence-electron chi connectivity index (χ4n) is 3.56. The van der Waals surface area contributed by atoms with E-state index in [1.807, 2.05) is 24.0 Å². The number of furan rings is 1. The zero-order valence-electron chi connectivity index (χ0n) is 16.4. The smallest absolute Gasteiger partial charge is 0.259 e. The van der Waals surface area contributed by atoms with Crippen LogP contribution in [0.5, 0.6) is 5.88 Å². The first-order valence-electron chi connectivity index (χ1n) is 9.67. The first-order chi connectivity index (χ1) is 13.6. The van der Waals surface area contributed by atoms with Crippen molar-refractivity contribution in [2.75, 3.05) is 20.2 Å². The molecule has 2 aromatic rings. The molecule has 0 radical (unpaired) electrons. The van der Waals surface area contributed by atoms with Gasteiger partial charge in [0.05, 0.1) is 13.7 Å². The second-order valence-electron chi connectivity index (χ2n) is 7.15. The molecular weight excluding hydrogens is 358 g/mol. The Morgan fingerprint density at radius 2 is 2.21 bits per heavy atom. The van der Waals surface area contributed by atoms with Crippen molar-refractivity contribution in [3.63, 3.8) is 0 Å². The van der Waals surface area contributed by atoms with Crippen molar-refractivity contribution in [3.8, 4) is 5.88 Å². The van der Waals surface area contributed by atoms with E-state index in [4.69, 9.17) is 9.15 Å². The lowest BCUT2D eigenvalue weighted by Gasteiger charge is -2.33. The average molecular weight is 385 g/mol. The molecule has 1 saturated heterocycles. The zero-order valence-corrected chi connectivity index (χ0v) is 16.4. The number of carbonyl (C=O) groups excluding carboxylic acids is 2. The predicted molar refractivity (Wildman–Crippen MR) is 104 cm³/mol. The fourth-order valence-corrected chi connectivity index (χ4v) is 3.56. The summed E-state index contributed by atoms with van der Waals surface area (Å²) in [4.78, 5) is 30.9. The van der Waals surface area contributed by atoms with Gasteiger partial charge in [-0.3, -0.25) is 9.59 Å². The summed E-state index contributed by atoms with van der Waals surface area (Å²) in [6.07, 6.45) is 4.78. The molecule has 0 bridgehead atoms. The van der Waals surface area contributed by atoms with E-state index in [0.717, 1.165) is 37.3 Å². The quantitative estimate of drug-likeness (QED) is 0.792. The maximum atomic E-state index is 12.8. The van der Waals surface area contributed by atoms with E-state index >= 15 is 0 Å². The van der Waals surface area contributed by atoms with Gasteiger partial charge in [-0.15, -0.1) is 0 Å². The van der Waals surface area contributed by atoms with Crippen LogP contribution in [0.2, 0.25) is 0 Å². The first kappa shape index (κ1) is 19.9. The van der Waals surface area contributed by atoms with E-state index < -0.39 is 0 Å². The number of nitrogens with one attached hydrogen (secondary N) is 1. The Morgan fingerprint density at radius 3 is 2.96 bits per heavy atom. The van der Waals surface area contributed by atoms with Crippen LogP contribution in [0.25, 0.3) is 0 Å². The predicted octanol–water partition coefficient (Wildman–Crippen LogP) is 2.94. The summed E-state index contributed by atoms with van der Waals surface area (Å²) in [7, 11) is 1.51. The number of aromatic nitrogens is 1. The van der Waals surface area contributed by atoms with Gasteiger partial charge in [-0.25, -0.2) is 4.98 Å². The lowest BCUT2D eigenvalue weighted by Crippen LogP contribution is -2.40. The van der Waals surface area contributed by atoms with Crippen LogP contribution in [-0.4, -0.2) is 41.9 Å². The zero-order chi connectivity index (χ0) is 19.9. The molecule has 1 atom stereocenters. The number of pyridine rings is 1. The van der Waals surface area contributed by atoms with Crippen LogP contribution < -0.4 is 10.1 Å². The highest BCUT2D eigenvalue weighted by Gasteiger charge is 2.26. The Hall–Kier alpha value is -2.83. The van der Waals surface area contributed by atoms with Crippen molar-refractivity contribution in [2.24, 2.45) is 5.92 Å². The monoisotopic (exact) mass is 385 g/mol. The number of nitrogens with zero attached hydrogens (tertiary/aromatic N) is 2. The molecule has 0 spiro atoms. The van der Waals surface area contributed by atoms with Gasteiger partial charge in [-0.05, 0) is 56.4 Å². The number of ether oxygens (including phenoxy) is 1. The van der Waals surface area contributed by atoms with Crippen LogP contribution >= 0.6 is 0 Å². The number of aryl methyl sites for hydroxylation is 1. The molecule has 1 unspecified atom stereocenters. The highest BCUT2D eigenvalue weighted by Crippen LogP contribution is 2.24. The Bertz CT molecular complexity index is 817. The number of likely N-dealkylation sites (tertiary alicyclic amines) is 1. The van der Waals surface area contributed by atoms with Gasteiger partial charge in [0, 0.05) is 25.7 Å². The number of amides is 2. The minimum absolute atomic E-state index is 0.00596. The SMILES string of the molecule is COc1ncccc1C(=O)N1CCCC(CCC(=O)NCc2ccc(C)o2)C1. The lowest BCUT2D eigenvalue weighted by molar-refractivity contribution is -0.121. The average Bonchev–Trinajstić information content (AvgIpc) is 3.15. The topological polar surface area (TPSA) is 84.7 Å². The molecule has 1 aliphatic rings. The highest BCUT2D eigenvalue weighted by molar-refractivity contribution is 5.96. The van der Waals surface area contributed by atoms with Crippen molar-refractivity contribution in [1.82, 2.24) is 15.2 Å². The third kappa shape index (κ3) is 5.12. The molecule has 0 aliphatic carbocycles. The molecule has 3 rings (SSSR count). The summed E-state index contributed by atoms with van der Waals surface area (Å²) < 4.78 is 10.7. The van der Waals surface area contributed by atoms with Crippen LogP contribution in [0.4, 0.5) is 0 Å². The minimum Gasteiger partial charge on any atom is -0.480 e. The van der Waals surface area contributed by atoms with Gasteiger partial charge in [0.25, 0.3) is 5.91 Å². The van der Waals surface area contributed by atoms with Crippen LogP contribution in [-0.2, 0) is 11.3 Å². The van der Waals surface area contributed by atoms with Crippen molar-refractivity contribution in [1.29, 1.82) is 0 Å². The molecule has 1 aliphatic heterocycles. The first-order valence-corrected chi connectivity index (χ1v) is 9.67. The van der Waals surface area contributed by atoms with Crippen LogP contribution in [0.15, 0.2) is 34.9 Å². The number of hydrogen-bond donors (Lipinski definition) is 1. The van der Waals surface area contributed by atoms with Crippen molar-refractivity contribution in [3.05, 3.63) is 47.5 Å². The summed E-state index contributed by atoms with van der Waals surface area (Å²) in [5.74, 6) is 2.20. The maximum Gasteiger partial charge on any atom is 0.259 e. The van der Waals surface area contributed by atoms with Crippen LogP contribution in [0, 0.1) is 12.8 Å². The standard InChI is InChI=1S/C21H27N3O4/c1-15-7-9-17(28-15)13-23-19(25)10-8-16-5-4-12-24(14-16)21(26)18-6-3-11-22-20(18)27-2/h3,6-7,9,11,16H,4-5,8,10,12-14H2,1-2H3,(H,23,25). The van der Waals surface area contributed by atoms with E-state index in [1.54, 1.807) is 18.3 Å². The molecule has 28 heavy (non-hydrogen) atoms. The number of rotatable bonds is 7. The highest BCUT2D eigenvalue weighted by atomic mass is 16.5. The summed E-state index contributed by atoms with van der Waals surface area (Å²) in [6.45, 7) is 3.66. The minimum atomic E-state index is -0.0627. The van der Waals surface area contributed by atoms with E-state index in [0.29, 0.717) is 36.9 Å². The summed E-state index contributed by atoms with van der Waals surface area (Å²) >= 11 is 0. The number of hydrogen-bond acceptors (Lipinski definition) is 5. The van der Waals surface area contributed by atoms with E-state index in [1.165, 1.54) is 7.11 Å². The third-order valence-electron chi connectivity index (χ3n) is 5.04. The second-order valence-corrected chi connectivity index (χ2v) is 7.15. The molecule has 7 nitrogen and oxygen atoms in total. The van der Waals surface area contributed by atoms with Crippen molar-refractivity contribution >= 4 is 11.8 Å². The van der Waals surface area contributed by atoms with Gasteiger partial charge >= 0.3 is 0 Å². The van der Waals surface area contributed by atoms with Crippen LogP contribution in [0.1, 0.15) is 47.6 Å². The molecule has 7 heteroatoms. The number of methoxy groups -OCH3 is 1. The Balaban J connectivity index is 1.48. The normalized spacial score (nSPS) is 16.6. The van der Waals surface area contributed by atoms with E-state index in [2.05, 4.69) is 10.3 Å². The van der Waals surface area contributed by atoms with Crippen LogP contribution in [0.3, 0.4) is 0 Å². The molecule has 3 heterocycles. The number of piperidine rings is 1. The third-order valence-corrected chi connectivity index (χ3v) is 5.04. The largest absolute Gasteiger partial charge is 0.480 e. The van der Waals surface area contributed by atoms with Gasteiger partial charge in [0.2, 0.25) is 11.8 Å².